The first-order valence-corrected chi connectivity index (χ1v) is 7.16. The molecule has 0 aliphatic heterocycles. The van der Waals surface area contributed by atoms with E-state index in [1.54, 1.807) is 6.07 Å². The maximum absolute atomic E-state index is 5.84. The summed E-state index contributed by atoms with van der Waals surface area (Å²) >= 11 is 3.48. The fraction of sp³-hybridized carbons (Fsp3) is 0.357. The molecule has 0 spiro atoms. The van der Waals surface area contributed by atoms with Gasteiger partial charge in [0.15, 0.2) is 11.6 Å². The van der Waals surface area contributed by atoms with Gasteiger partial charge in [0.1, 0.15) is 5.75 Å². The lowest BCUT2D eigenvalue weighted by molar-refractivity contribution is 0.180. The first-order valence-electron chi connectivity index (χ1n) is 6.36. The Morgan fingerprint density at radius 1 is 1.32 bits per heavy atom. The van der Waals surface area contributed by atoms with Crippen LogP contribution in [0.4, 0.5) is 5.82 Å². The predicted molar refractivity (Wildman–Crippen MR) is 76.9 cm³/mol. The zero-order valence-corrected chi connectivity index (χ0v) is 12.0. The SMILES string of the molecule is Nc1cc(-c2cc(Br)cc(OCC3CCC3)c2)on1. The number of aromatic nitrogens is 1. The van der Waals surface area contributed by atoms with Gasteiger partial charge >= 0.3 is 0 Å². The largest absolute Gasteiger partial charge is 0.493 e. The summed E-state index contributed by atoms with van der Waals surface area (Å²) in [5, 5.41) is 3.70. The summed E-state index contributed by atoms with van der Waals surface area (Å²) in [4.78, 5) is 0. The van der Waals surface area contributed by atoms with Crippen molar-refractivity contribution in [3.8, 4) is 17.1 Å². The van der Waals surface area contributed by atoms with Gasteiger partial charge in [-0.1, -0.05) is 27.5 Å². The van der Waals surface area contributed by atoms with Crippen LogP contribution in [0.2, 0.25) is 0 Å². The molecule has 1 fully saturated rings. The van der Waals surface area contributed by atoms with Gasteiger partial charge < -0.3 is 15.0 Å². The highest BCUT2D eigenvalue weighted by Gasteiger charge is 2.18. The van der Waals surface area contributed by atoms with E-state index in [-0.39, 0.29) is 0 Å². The molecule has 100 valence electrons. The van der Waals surface area contributed by atoms with E-state index < -0.39 is 0 Å². The Kier molecular flexibility index (Phi) is 3.46. The van der Waals surface area contributed by atoms with Crippen molar-refractivity contribution in [3.05, 3.63) is 28.7 Å². The molecule has 1 aliphatic carbocycles. The van der Waals surface area contributed by atoms with Gasteiger partial charge in [0.2, 0.25) is 0 Å². The molecule has 1 heterocycles. The molecular weight excluding hydrogens is 308 g/mol. The maximum atomic E-state index is 5.84. The van der Waals surface area contributed by atoms with Crippen LogP contribution < -0.4 is 10.5 Å². The average Bonchev–Trinajstić information content (AvgIpc) is 2.73. The number of benzene rings is 1. The van der Waals surface area contributed by atoms with Gasteiger partial charge in [-0.15, -0.1) is 0 Å². The molecule has 3 rings (SSSR count). The smallest absolute Gasteiger partial charge is 0.169 e. The van der Waals surface area contributed by atoms with E-state index in [0.29, 0.717) is 17.5 Å². The molecule has 0 atom stereocenters. The molecule has 0 amide bonds. The summed E-state index contributed by atoms with van der Waals surface area (Å²) in [5.41, 5.74) is 6.47. The maximum Gasteiger partial charge on any atom is 0.169 e. The van der Waals surface area contributed by atoms with Crippen molar-refractivity contribution in [2.45, 2.75) is 19.3 Å². The molecule has 1 aliphatic rings. The monoisotopic (exact) mass is 322 g/mol. The van der Waals surface area contributed by atoms with Crippen LogP contribution in [-0.2, 0) is 0 Å². The molecule has 1 aromatic carbocycles. The molecule has 1 aromatic heterocycles. The van der Waals surface area contributed by atoms with Crippen molar-refractivity contribution in [2.24, 2.45) is 5.92 Å². The summed E-state index contributed by atoms with van der Waals surface area (Å²) in [7, 11) is 0. The zero-order chi connectivity index (χ0) is 13.2. The van der Waals surface area contributed by atoms with Crippen molar-refractivity contribution in [1.82, 2.24) is 5.16 Å². The molecule has 0 bridgehead atoms. The summed E-state index contributed by atoms with van der Waals surface area (Å²) < 4.78 is 12.0. The summed E-state index contributed by atoms with van der Waals surface area (Å²) in [6.45, 7) is 0.786. The molecule has 1 saturated carbocycles. The quantitative estimate of drug-likeness (QED) is 0.928. The van der Waals surface area contributed by atoms with Crippen LogP contribution in [0.25, 0.3) is 11.3 Å². The summed E-state index contributed by atoms with van der Waals surface area (Å²) in [6.07, 6.45) is 3.88. The Balaban J connectivity index is 1.78. The number of rotatable bonds is 4. The second-order valence-electron chi connectivity index (χ2n) is 4.90. The molecule has 0 unspecified atom stereocenters. The van der Waals surface area contributed by atoms with E-state index in [1.165, 1.54) is 19.3 Å². The van der Waals surface area contributed by atoms with Crippen LogP contribution in [0.15, 0.2) is 33.3 Å². The minimum absolute atomic E-state index is 0.381. The number of hydrogen-bond acceptors (Lipinski definition) is 4. The lowest BCUT2D eigenvalue weighted by Gasteiger charge is -2.25. The molecule has 4 nitrogen and oxygen atoms in total. The van der Waals surface area contributed by atoms with Gasteiger partial charge in [0, 0.05) is 16.1 Å². The highest BCUT2D eigenvalue weighted by molar-refractivity contribution is 9.10. The van der Waals surface area contributed by atoms with E-state index in [0.717, 1.165) is 22.4 Å². The topological polar surface area (TPSA) is 61.3 Å². The minimum atomic E-state index is 0.381. The van der Waals surface area contributed by atoms with Gasteiger partial charge in [-0.3, -0.25) is 0 Å². The molecule has 19 heavy (non-hydrogen) atoms. The van der Waals surface area contributed by atoms with Gasteiger partial charge in [0.25, 0.3) is 0 Å². The van der Waals surface area contributed by atoms with Gasteiger partial charge in [-0.05, 0) is 37.0 Å². The third-order valence-corrected chi connectivity index (χ3v) is 3.85. The van der Waals surface area contributed by atoms with Crippen molar-refractivity contribution in [3.63, 3.8) is 0 Å². The fourth-order valence-electron chi connectivity index (χ4n) is 2.09. The van der Waals surface area contributed by atoms with Crippen LogP contribution in [0.5, 0.6) is 5.75 Å². The first kappa shape index (κ1) is 12.5. The predicted octanol–water partition coefficient (Wildman–Crippen LogP) is 3.87. The van der Waals surface area contributed by atoms with E-state index in [4.69, 9.17) is 15.0 Å². The van der Waals surface area contributed by atoms with Crippen LogP contribution in [0, 0.1) is 5.92 Å². The first-order chi connectivity index (χ1) is 9.20. The van der Waals surface area contributed by atoms with Crippen LogP contribution in [0.3, 0.4) is 0 Å². The second kappa shape index (κ2) is 5.25. The highest BCUT2D eigenvalue weighted by atomic mass is 79.9. The Labute approximate surface area is 120 Å². The number of halogens is 1. The lowest BCUT2D eigenvalue weighted by atomic mass is 9.86. The highest BCUT2D eigenvalue weighted by Crippen LogP contribution is 2.31. The fourth-order valence-corrected chi connectivity index (χ4v) is 2.56. The molecule has 5 heteroatoms. The standard InChI is InChI=1S/C14H15BrN2O2/c15-11-4-10(13-7-14(16)17-19-13)5-12(6-11)18-8-9-2-1-3-9/h4-7,9H,1-3,8H2,(H2,16,17). The van der Waals surface area contributed by atoms with Crippen LogP contribution >= 0.6 is 15.9 Å². The Hall–Kier alpha value is -1.49. The number of hydrogen-bond donors (Lipinski definition) is 1. The van der Waals surface area contributed by atoms with Crippen molar-refractivity contribution < 1.29 is 9.26 Å². The zero-order valence-electron chi connectivity index (χ0n) is 10.4. The van der Waals surface area contributed by atoms with Crippen LogP contribution in [-0.4, -0.2) is 11.8 Å². The number of ether oxygens (including phenoxy) is 1. The number of nitrogens with zero attached hydrogens (tertiary/aromatic N) is 1. The van der Waals surface area contributed by atoms with Gasteiger partial charge in [0.05, 0.1) is 6.61 Å². The van der Waals surface area contributed by atoms with E-state index >= 15 is 0 Å². The van der Waals surface area contributed by atoms with Gasteiger partial charge in [-0.2, -0.15) is 0 Å². The molecule has 0 radical (unpaired) electrons. The van der Waals surface area contributed by atoms with Crippen molar-refractivity contribution in [2.75, 3.05) is 12.3 Å². The number of anilines is 1. The molecule has 2 aromatic rings. The Bertz CT molecular complexity index is 579. The second-order valence-corrected chi connectivity index (χ2v) is 5.82. The van der Waals surface area contributed by atoms with Crippen molar-refractivity contribution >= 4 is 21.7 Å². The molecule has 2 N–H and O–H groups in total. The normalized spacial score (nSPS) is 15.2. The molecular formula is C14H15BrN2O2. The van der Waals surface area contributed by atoms with E-state index in [1.807, 2.05) is 18.2 Å². The molecule has 0 saturated heterocycles. The third kappa shape index (κ3) is 2.92. The number of nitrogens with two attached hydrogens (primary N) is 1. The average molecular weight is 323 g/mol. The Morgan fingerprint density at radius 3 is 2.79 bits per heavy atom. The summed E-state index contributed by atoms with van der Waals surface area (Å²) in [6, 6.07) is 7.57. The van der Waals surface area contributed by atoms with E-state index in [2.05, 4.69) is 21.1 Å². The van der Waals surface area contributed by atoms with Crippen molar-refractivity contribution in [1.29, 1.82) is 0 Å². The van der Waals surface area contributed by atoms with Crippen LogP contribution in [0.1, 0.15) is 19.3 Å². The van der Waals surface area contributed by atoms with E-state index in [9.17, 15) is 0 Å². The third-order valence-electron chi connectivity index (χ3n) is 3.39. The number of nitrogen functional groups attached to an aromatic ring is 1. The lowest BCUT2D eigenvalue weighted by Crippen LogP contribution is -2.19. The van der Waals surface area contributed by atoms with Gasteiger partial charge in [-0.25, -0.2) is 0 Å². The summed E-state index contributed by atoms with van der Waals surface area (Å²) in [5.74, 6) is 2.58. The Morgan fingerprint density at radius 2 is 2.16 bits per heavy atom. The minimum Gasteiger partial charge on any atom is -0.493 e.